The lowest BCUT2D eigenvalue weighted by molar-refractivity contribution is 0.478. The monoisotopic (exact) mass is 242 g/mol. The van der Waals surface area contributed by atoms with E-state index >= 15 is 0 Å². The summed E-state index contributed by atoms with van der Waals surface area (Å²) >= 11 is 5.57. The Morgan fingerprint density at radius 2 is 2.00 bits per heavy atom. The van der Waals surface area contributed by atoms with E-state index in [0.29, 0.717) is 0 Å². The predicted octanol–water partition coefficient (Wildman–Crippen LogP) is 2.74. The van der Waals surface area contributed by atoms with Gasteiger partial charge in [0, 0.05) is 21.3 Å². The third kappa shape index (κ3) is 2.33. The van der Waals surface area contributed by atoms with E-state index in [1.165, 1.54) is 18.2 Å². The minimum atomic E-state index is -3.92. The lowest BCUT2D eigenvalue weighted by Gasteiger charge is -2.03. The van der Waals surface area contributed by atoms with Gasteiger partial charge in [-0.05, 0) is 12.1 Å². The lowest BCUT2D eigenvalue weighted by atomic mass is 10.2. The predicted molar refractivity (Wildman–Crippen MR) is 49.3 cm³/mol. The van der Waals surface area contributed by atoms with Crippen LogP contribution in [0.4, 0.5) is 4.39 Å². The van der Waals surface area contributed by atoms with Crippen LogP contribution < -0.4 is 0 Å². The van der Waals surface area contributed by atoms with Gasteiger partial charge in [0.25, 0.3) is 9.05 Å². The van der Waals surface area contributed by atoms with Gasteiger partial charge in [-0.3, -0.25) is 0 Å². The van der Waals surface area contributed by atoms with Crippen LogP contribution in [0.1, 0.15) is 5.56 Å². The SMILES string of the molecule is O=S(=O)(Cl)c1cccc(Cl)c1CF. The van der Waals surface area contributed by atoms with Crippen molar-refractivity contribution in [2.45, 2.75) is 11.6 Å². The fraction of sp³-hybridized carbons (Fsp3) is 0.143. The van der Waals surface area contributed by atoms with Gasteiger partial charge in [-0.1, -0.05) is 17.7 Å². The van der Waals surface area contributed by atoms with Crippen molar-refractivity contribution in [2.75, 3.05) is 0 Å². The fourth-order valence-electron chi connectivity index (χ4n) is 0.897. The van der Waals surface area contributed by atoms with E-state index in [-0.39, 0.29) is 15.5 Å². The first-order chi connectivity index (χ1) is 5.96. The topological polar surface area (TPSA) is 34.1 Å². The van der Waals surface area contributed by atoms with Gasteiger partial charge < -0.3 is 0 Å². The van der Waals surface area contributed by atoms with Crippen molar-refractivity contribution in [1.82, 2.24) is 0 Å². The molecule has 0 saturated heterocycles. The van der Waals surface area contributed by atoms with E-state index in [2.05, 4.69) is 0 Å². The molecular formula is C7H5Cl2FO2S. The average molecular weight is 243 g/mol. The van der Waals surface area contributed by atoms with Crippen LogP contribution in [-0.2, 0) is 15.7 Å². The maximum atomic E-state index is 12.4. The molecule has 0 atom stereocenters. The molecule has 0 unspecified atom stereocenters. The smallest absolute Gasteiger partial charge is 0.246 e. The van der Waals surface area contributed by atoms with Gasteiger partial charge in [0.1, 0.15) is 6.67 Å². The number of halogens is 3. The number of benzene rings is 1. The molecule has 1 aromatic rings. The molecule has 0 saturated carbocycles. The van der Waals surface area contributed by atoms with Crippen LogP contribution in [0, 0.1) is 0 Å². The zero-order valence-electron chi connectivity index (χ0n) is 6.30. The zero-order chi connectivity index (χ0) is 10.1. The molecule has 2 nitrogen and oxygen atoms in total. The first-order valence-electron chi connectivity index (χ1n) is 3.25. The van der Waals surface area contributed by atoms with Crippen molar-refractivity contribution in [3.63, 3.8) is 0 Å². The molecule has 13 heavy (non-hydrogen) atoms. The Hall–Kier alpha value is -0.320. The zero-order valence-corrected chi connectivity index (χ0v) is 8.63. The number of hydrogen-bond acceptors (Lipinski definition) is 2. The summed E-state index contributed by atoms with van der Waals surface area (Å²) in [5.41, 5.74) is -0.0980. The van der Waals surface area contributed by atoms with Crippen LogP contribution in [0.25, 0.3) is 0 Å². The summed E-state index contributed by atoms with van der Waals surface area (Å²) in [6, 6.07) is 4.02. The Balaban J connectivity index is 3.47. The highest BCUT2D eigenvalue weighted by Gasteiger charge is 2.17. The number of rotatable bonds is 2. The molecule has 0 radical (unpaired) electrons. The quantitative estimate of drug-likeness (QED) is 0.748. The fourth-order valence-corrected chi connectivity index (χ4v) is 2.31. The maximum Gasteiger partial charge on any atom is 0.261 e. The molecule has 1 rings (SSSR count). The summed E-state index contributed by atoms with van der Waals surface area (Å²) in [7, 11) is 1.14. The second-order valence-electron chi connectivity index (χ2n) is 2.29. The minimum Gasteiger partial charge on any atom is -0.246 e. The summed E-state index contributed by atoms with van der Waals surface area (Å²) in [6.45, 7) is -0.957. The average Bonchev–Trinajstić information content (AvgIpc) is 2.02. The molecule has 0 fully saturated rings. The van der Waals surface area contributed by atoms with Crippen molar-refractivity contribution < 1.29 is 12.8 Å². The Labute approximate surface area is 84.7 Å². The molecule has 0 aliphatic rings. The Morgan fingerprint density at radius 1 is 1.38 bits per heavy atom. The summed E-state index contributed by atoms with van der Waals surface area (Å²) in [6.07, 6.45) is 0. The Kier molecular flexibility index (Phi) is 3.16. The first-order valence-corrected chi connectivity index (χ1v) is 5.93. The molecule has 72 valence electrons. The Morgan fingerprint density at radius 3 is 2.38 bits per heavy atom. The second-order valence-corrected chi connectivity index (χ2v) is 5.23. The normalized spacial score (nSPS) is 11.6. The number of hydrogen-bond donors (Lipinski definition) is 0. The van der Waals surface area contributed by atoms with Crippen LogP contribution in [0.15, 0.2) is 23.1 Å². The van der Waals surface area contributed by atoms with Crippen molar-refractivity contribution in [3.05, 3.63) is 28.8 Å². The molecule has 0 amide bonds. The van der Waals surface area contributed by atoms with Crippen molar-refractivity contribution in [2.24, 2.45) is 0 Å². The molecule has 0 heterocycles. The van der Waals surface area contributed by atoms with Crippen LogP contribution >= 0.6 is 22.3 Å². The molecule has 0 aromatic heterocycles. The molecule has 0 aliphatic heterocycles. The minimum absolute atomic E-state index is 0.0595. The molecule has 6 heteroatoms. The van der Waals surface area contributed by atoms with E-state index in [1.807, 2.05) is 0 Å². The molecule has 1 aromatic carbocycles. The molecule has 0 spiro atoms. The second kappa shape index (κ2) is 3.82. The summed E-state index contributed by atoms with van der Waals surface area (Å²) in [4.78, 5) is -0.274. The molecule has 0 N–H and O–H groups in total. The van der Waals surface area contributed by atoms with E-state index in [0.717, 1.165) is 0 Å². The Bertz CT molecular complexity index is 417. The summed E-state index contributed by atoms with van der Waals surface area (Å²) < 4.78 is 34.2. The van der Waals surface area contributed by atoms with Gasteiger partial charge >= 0.3 is 0 Å². The first kappa shape index (κ1) is 10.8. The highest BCUT2D eigenvalue weighted by Crippen LogP contribution is 2.26. The van der Waals surface area contributed by atoms with E-state index in [9.17, 15) is 12.8 Å². The lowest BCUT2D eigenvalue weighted by Crippen LogP contribution is -1.96. The van der Waals surface area contributed by atoms with Crippen molar-refractivity contribution in [1.29, 1.82) is 0 Å². The van der Waals surface area contributed by atoms with Crippen molar-refractivity contribution in [3.8, 4) is 0 Å². The molecular weight excluding hydrogens is 238 g/mol. The van der Waals surface area contributed by atoms with Gasteiger partial charge in [-0.15, -0.1) is 0 Å². The van der Waals surface area contributed by atoms with Gasteiger partial charge in [0.15, 0.2) is 0 Å². The van der Waals surface area contributed by atoms with Gasteiger partial charge in [0.2, 0.25) is 0 Å². The molecule has 0 aliphatic carbocycles. The third-order valence-corrected chi connectivity index (χ3v) is 3.23. The van der Waals surface area contributed by atoms with E-state index < -0.39 is 15.7 Å². The van der Waals surface area contributed by atoms with Crippen LogP contribution in [0.2, 0.25) is 5.02 Å². The van der Waals surface area contributed by atoms with Crippen molar-refractivity contribution >= 4 is 31.3 Å². The number of alkyl halides is 1. The summed E-state index contributed by atoms with van der Waals surface area (Å²) in [5, 5.41) is 0.0595. The van der Waals surface area contributed by atoms with E-state index in [4.69, 9.17) is 22.3 Å². The van der Waals surface area contributed by atoms with E-state index in [1.54, 1.807) is 0 Å². The van der Waals surface area contributed by atoms with Gasteiger partial charge in [-0.2, -0.15) is 0 Å². The van der Waals surface area contributed by atoms with Crippen LogP contribution in [0.5, 0.6) is 0 Å². The highest BCUT2D eigenvalue weighted by molar-refractivity contribution is 8.13. The standard InChI is InChI=1S/C7H5Cl2FO2S/c8-6-2-1-3-7(5(6)4-10)13(9,11)12/h1-3H,4H2. The van der Waals surface area contributed by atoms with Gasteiger partial charge in [-0.25, -0.2) is 12.8 Å². The highest BCUT2D eigenvalue weighted by atomic mass is 35.7. The maximum absolute atomic E-state index is 12.4. The van der Waals surface area contributed by atoms with Gasteiger partial charge in [0.05, 0.1) is 4.90 Å². The van der Waals surface area contributed by atoms with Crippen LogP contribution in [-0.4, -0.2) is 8.42 Å². The third-order valence-electron chi connectivity index (χ3n) is 1.47. The summed E-state index contributed by atoms with van der Waals surface area (Å²) in [5.74, 6) is 0. The largest absolute Gasteiger partial charge is 0.261 e. The van der Waals surface area contributed by atoms with Crippen LogP contribution in [0.3, 0.4) is 0 Å². The molecule has 0 bridgehead atoms.